The maximum absolute atomic E-state index is 11.9. The molecule has 2 saturated carbocycles. The second kappa shape index (κ2) is 7.68. The number of para-hydroxylation sites is 1. The standard InChI is InChI=1S/C21H30N4O/c1-22-21(23-9-8-16-11-14-6-7-15(16)10-14)24-13-17-12-20(26)25-19-5-3-2-4-18(17)19/h2-5,14-17H,6-13H2,1H3,(H,25,26)(H2,22,23,24). The molecule has 3 aliphatic rings. The molecule has 5 heteroatoms. The Hall–Kier alpha value is -2.04. The summed E-state index contributed by atoms with van der Waals surface area (Å²) < 4.78 is 0. The van der Waals surface area contributed by atoms with Crippen molar-refractivity contribution >= 4 is 17.6 Å². The van der Waals surface area contributed by atoms with E-state index >= 15 is 0 Å². The highest BCUT2D eigenvalue weighted by atomic mass is 16.1. The number of hydrogen-bond acceptors (Lipinski definition) is 2. The summed E-state index contributed by atoms with van der Waals surface area (Å²) in [5, 5.41) is 9.85. The van der Waals surface area contributed by atoms with E-state index in [4.69, 9.17) is 0 Å². The van der Waals surface area contributed by atoms with E-state index in [0.717, 1.165) is 42.5 Å². The van der Waals surface area contributed by atoms with Gasteiger partial charge in [0.05, 0.1) is 0 Å². The Kier molecular flexibility index (Phi) is 5.14. The highest BCUT2D eigenvalue weighted by molar-refractivity contribution is 5.94. The highest BCUT2D eigenvalue weighted by Gasteiger charge is 2.38. The zero-order chi connectivity index (χ0) is 17.9. The van der Waals surface area contributed by atoms with Crippen LogP contribution in [0.25, 0.3) is 0 Å². The van der Waals surface area contributed by atoms with Crippen molar-refractivity contribution < 1.29 is 4.79 Å². The smallest absolute Gasteiger partial charge is 0.225 e. The molecule has 0 saturated heterocycles. The Balaban J connectivity index is 1.26. The van der Waals surface area contributed by atoms with Gasteiger partial charge in [-0.3, -0.25) is 9.79 Å². The fourth-order valence-corrected chi connectivity index (χ4v) is 5.23. The van der Waals surface area contributed by atoms with E-state index < -0.39 is 0 Å². The third kappa shape index (κ3) is 3.71. The molecule has 3 N–H and O–H groups in total. The van der Waals surface area contributed by atoms with Crippen LogP contribution < -0.4 is 16.0 Å². The molecule has 1 aliphatic heterocycles. The largest absolute Gasteiger partial charge is 0.356 e. The number of guanidine groups is 1. The number of nitrogens with zero attached hydrogens (tertiary/aromatic N) is 1. The molecule has 26 heavy (non-hydrogen) atoms. The van der Waals surface area contributed by atoms with Crippen molar-refractivity contribution in [3.63, 3.8) is 0 Å². The molecule has 1 amide bonds. The Labute approximate surface area is 156 Å². The van der Waals surface area contributed by atoms with Crippen LogP contribution in [0, 0.1) is 17.8 Å². The molecule has 0 spiro atoms. The van der Waals surface area contributed by atoms with E-state index in [9.17, 15) is 4.79 Å². The van der Waals surface area contributed by atoms with Crippen LogP contribution in [0.15, 0.2) is 29.3 Å². The first-order valence-electron chi connectivity index (χ1n) is 10.1. The number of carbonyl (C=O) groups is 1. The molecule has 0 aromatic heterocycles. The van der Waals surface area contributed by atoms with E-state index in [-0.39, 0.29) is 11.8 Å². The molecule has 5 nitrogen and oxygen atoms in total. The molecule has 4 atom stereocenters. The van der Waals surface area contributed by atoms with Crippen LogP contribution in [0.2, 0.25) is 0 Å². The van der Waals surface area contributed by atoms with Gasteiger partial charge in [-0.15, -0.1) is 0 Å². The van der Waals surface area contributed by atoms with Crippen molar-refractivity contribution in [3.05, 3.63) is 29.8 Å². The van der Waals surface area contributed by atoms with Gasteiger partial charge in [0.15, 0.2) is 5.96 Å². The molecular formula is C21H30N4O. The minimum absolute atomic E-state index is 0.0923. The summed E-state index contributed by atoms with van der Waals surface area (Å²) in [6.07, 6.45) is 7.59. The van der Waals surface area contributed by atoms with Gasteiger partial charge in [0.25, 0.3) is 0 Å². The second-order valence-electron chi connectivity index (χ2n) is 8.14. The van der Waals surface area contributed by atoms with Crippen LogP contribution in [0.3, 0.4) is 0 Å². The van der Waals surface area contributed by atoms with Crippen LogP contribution in [0.5, 0.6) is 0 Å². The van der Waals surface area contributed by atoms with Gasteiger partial charge in [0.1, 0.15) is 0 Å². The summed E-state index contributed by atoms with van der Waals surface area (Å²) in [6, 6.07) is 8.07. The molecule has 4 rings (SSSR count). The number of nitrogens with one attached hydrogen (secondary N) is 3. The number of hydrogen-bond donors (Lipinski definition) is 3. The number of anilines is 1. The SMILES string of the molecule is CN=C(NCCC1CC2CCC1C2)NCC1CC(=O)Nc2ccccc21. The van der Waals surface area contributed by atoms with E-state index in [0.29, 0.717) is 6.42 Å². The van der Waals surface area contributed by atoms with Crippen molar-refractivity contribution in [1.82, 2.24) is 10.6 Å². The molecule has 4 unspecified atom stereocenters. The number of carbonyl (C=O) groups excluding carboxylic acids is 1. The highest BCUT2D eigenvalue weighted by Crippen LogP contribution is 2.49. The molecular weight excluding hydrogens is 324 g/mol. The minimum atomic E-state index is 0.0923. The maximum atomic E-state index is 11.9. The summed E-state index contributed by atoms with van der Waals surface area (Å²) in [7, 11) is 1.81. The van der Waals surface area contributed by atoms with Crippen molar-refractivity contribution in [2.45, 2.75) is 44.4 Å². The topological polar surface area (TPSA) is 65.5 Å². The van der Waals surface area contributed by atoms with Gasteiger partial charge in [0, 0.05) is 38.2 Å². The lowest BCUT2D eigenvalue weighted by molar-refractivity contribution is -0.116. The average molecular weight is 354 g/mol. The fourth-order valence-electron chi connectivity index (χ4n) is 5.23. The van der Waals surface area contributed by atoms with Gasteiger partial charge in [-0.1, -0.05) is 24.6 Å². The first kappa shape index (κ1) is 17.4. The number of fused-ring (bicyclic) bond motifs is 3. The average Bonchev–Trinajstić information content (AvgIpc) is 3.27. The third-order valence-corrected chi connectivity index (χ3v) is 6.54. The lowest BCUT2D eigenvalue weighted by Gasteiger charge is -2.26. The molecule has 1 heterocycles. The van der Waals surface area contributed by atoms with Gasteiger partial charge in [0.2, 0.25) is 5.91 Å². The van der Waals surface area contributed by atoms with Gasteiger partial charge in [-0.25, -0.2) is 0 Å². The second-order valence-corrected chi connectivity index (χ2v) is 8.14. The van der Waals surface area contributed by atoms with Gasteiger partial charge in [-0.2, -0.15) is 0 Å². The Morgan fingerprint density at radius 2 is 2.12 bits per heavy atom. The molecule has 2 aliphatic carbocycles. The van der Waals surface area contributed by atoms with Crippen LogP contribution in [-0.2, 0) is 4.79 Å². The summed E-state index contributed by atoms with van der Waals surface area (Å²) in [5.41, 5.74) is 2.15. The summed E-state index contributed by atoms with van der Waals surface area (Å²) in [5.74, 6) is 4.03. The first-order valence-corrected chi connectivity index (χ1v) is 10.1. The zero-order valence-corrected chi connectivity index (χ0v) is 15.6. The van der Waals surface area contributed by atoms with Gasteiger partial charge in [-0.05, 0) is 55.1 Å². The number of amides is 1. The third-order valence-electron chi connectivity index (χ3n) is 6.54. The van der Waals surface area contributed by atoms with Crippen LogP contribution >= 0.6 is 0 Å². The van der Waals surface area contributed by atoms with Crippen LogP contribution in [0.1, 0.15) is 50.0 Å². The Bertz CT molecular complexity index is 686. The molecule has 2 bridgehead atoms. The zero-order valence-electron chi connectivity index (χ0n) is 15.6. The maximum Gasteiger partial charge on any atom is 0.225 e. The minimum Gasteiger partial charge on any atom is -0.356 e. The monoisotopic (exact) mass is 354 g/mol. The lowest BCUT2D eigenvalue weighted by Crippen LogP contribution is -2.41. The van der Waals surface area contributed by atoms with Crippen molar-refractivity contribution in [2.24, 2.45) is 22.7 Å². The fraction of sp³-hybridized carbons (Fsp3) is 0.619. The molecule has 1 aromatic carbocycles. The number of benzene rings is 1. The van der Waals surface area contributed by atoms with Crippen molar-refractivity contribution in [1.29, 1.82) is 0 Å². The summed E-state index contributed by atoms with van der Waals surface area (Å²) >= 11 is 0. The first-order chi connectivity index (χ1) is 12.7. The Morgan fingerprint density at radius 1 is 1.23 bits per heavy atom. The molecule has 1 aromatic rings. The predicted molar refractivity (Wildman–Crippen MR) is 105 cm³/mol. The molecule has 0 radical (unpaired) electrons. The van der Waals surface area contributed by atoms with Crippen molar-refractivity contribution in [3.8, 4) is 0 Å². The van der Waals surface area contributed by atoms with E-state index in [2.05, 4.69) is 27.0 Å². The quantitative estimate of drug-likeness (QED) is 0.562. The van der Waals surface area contributed by atoms with Gasteiger partial charge < -0.3 is 16.0 Å². The lowest BCUT2D eigenvalue weighted by atomic mass is 9.86. The van der Waals surface area contributed by atoms with Gasteiger partial charge >= 0.3 is 0 Å². The normalized spacial score (nSPS) is 30.0. The molecule has 140 valence electrons. The van der Waals surface area contributed by atoms with Crippen LogP contribution in [0.4, 0.5) is 5.69 Å². The van der Waals surface area contributed by atoms with E-state index in [1.165, 1.54) is 37.7 Å². The van der Waals surface area contributed by atoms with Crippen LogP contribution in [-0.4, -0.2) is 32.0 Å². The van der Waals surface area contributed by atoms with E-state index in [1.54, 1.807) is 0 Å². The van der Waals surface area contributed by atoms with Crippen molar-refractivity contribution in [2.75, 3.05) is 25.5 Å². The number of rotatable bonds is 5. The Morgan fingerprint density at radius 3 is 2.88 bits per heavy atom. The van der Waals surface area contributed by atoms with E-state index in [1.807, 2.05) is 25.2 Å². The summed E-state index contributed by atoms with van der Waals surface area (Å²) in [6.45, 7) is 1.70. The predicted octanol–water partition coefficient (Wildman–Crippen LogP) is 3.10. The number of aliphatic imine (C=N–C) groups is 1. The molecule has 2 fully saturated rings. The summed E-state index contributed by atoms with van der Waals surface area (Å²) in [4.78, 5) is 16.3.